The SMILES string of the molecule is c1ccc2c(-c3nc(-c4ccc5cc(-n6c7ccc8cccc9oc%10cccc%11ccc6c(c%11%10)c7c89)ccc5c4)nc(-c4cccc5oc6ccccc6c45)n3)cccc2c1. The standard InChI is InChI=1S/C55H30N4O2/c1-2-13-38-31(9-1)10-5-15-39(38)54-56-53(57-55(58-54)41-16-8-20-47-50(41)40-14-3-4-17-44(40)60-47)36-22-21-35-30-37(26-23-34(35)29-36)59-42-27-24-32-11-6-18-45-48(32)51(42)52-43(59)28-25-33-12-7-19-46(61-45)49(33)52/h1-30H. The highest BCUT2D eigenvalue weighted by Gasteiger charge is 2.22. The van der Waals surface area contributed by atoms with E-state index in [1.165, 1.54) is 21.5 Å². The lowest BCUT2D eigenvalue weighted by Crippen LogP contribution is -2.01. The summed E-state index contributed by atoms with van der Waals surface area (Å²) in [6.07, 6.45) is 0. The lowest BCUT2D eigenvalue weighted by Gasteiger charge is -2.12. The van der Waals surface area contributed by atoms with Gasteiger partial charge in [-0.2, -0.15) is 0 Å². The molecule has 61 heavy (non-hydrogen) atoms. The highest BCUT2D eigenvalue weighted by atomic mass is 16.3. The van der Waals surface area contributed by atoms with Crippen LogP contribution in [-0.4, -0.2) is 19.5 Å². The Bertz CT molecular complexity index is 4030. The van der Waals surface area contributed by atoms with E-state index in [1.807, 2.05) is 30.3 Å². The highest BCUT2D eigenvalue weighted by Crippen LogP contribution is 2.45. The Hall–Kier alpha value is -8.35. The molecule has 14 aromatic rings. The molecule has 0 unspecified atom stereocenters. The second-order valence-electron chi connectivity index (χ2n) is 15.9. The molecule has 0 amide bonds. The zero-order valence-electron chi connectivity index (χ0n) is 32.4. The Morgan fingerprint density at radius 2 is 0.852 bits per heavy atom. The molecule has 0 spiro atoms. The first-order chi connectivity index (χ1) is 30.2. The van der Waals surface area contributed by atoms with E-state index in [2.05, 4.69) is 156 Å². The molecule has 6 nitrogen and oxygen atoms in total. The fourth-order valence-electron chi connectivity index (χ4n) is 9.88. The normalized spacial score (nSPS) is 12.3. The Balaban J connectivity index is 0.969. The lowest BCUT2D eigenvalue weighted by atomic mass is 10.00. The van der Waals surface area contributed by atoms with Gasteiger partial charge < -0.3 is 13.4 Å². The number of para-hydroxylation sites is 1. The third-order valence-electron chi connectivity index (χ3n) is 12.6. The molecule has 0 bridgehead atoms. The van der Waals surface area contributed by atoms with Crippen LogP contribution in [0.5, 0.6) is 0 Å². The van der Waals surface area contributed by atoms with Gasteiger partial charge in [0, 0.05) is 54.7 Å². The Kier molecular flexibility index (Phi) is 6.46. The smallest absolute Gasteiger partial charge is 0.164 e. The summed E-state index contributed by atoms with van der Waals surface area (Å²) in [5.74, 6) is 1.82. The van der Waals surface area contributed by atoms with Crippen molar-refractivity contribution in [3.8, 4) is 39.9 Å². The predicted molar refractivity (Wildman–Crippen MR) is 249 cm³/mol. The summed E-state index contributed by atoms with van der Waals surface area (Å²) in [6, 6.07) is 63.8. The second kappa shape index (κ2) is 12.1. The molecule has 0 aliphatic carbocycles. The molecule has 4 heterocycles. The van der Waals surface area contributed by atoms with Crippen molar-refractivity contribution in [3.05, 3.63) is 182 Å². The minimum absolute atomic E-state index is 0.594. The quantitative estimate of drug-likeness (QED) is 0.178. The molecule has 0 radical (unpaired) electrons. The van der Waals surface area contributed by atoms with Gasteiger partial charge in [0.25, 0.3) is 0 Å². The Morgan fingerprint density at radius 1 is 0.328 bits per heavy atom. The van der Waals surface area contributed by atoms with E-state index in [4.69, 9.17) is 23.8 Å². The molecule has 0 aliphatic rings. The van der Waals surface area contributed by atoms with Crippen molar-refractivity contribution in [2.24, 2.45) is 0 Å². The molecule has 10 aromatic carbocycles. The molecule has 14 rings (SSSR count). The van der Waals surface area contributed by atoms with Crippen molar-refractivity contribution < 1.29 is 8.83 Å². The van der Waals surface area contributed by atoms with Gasteiger partial charge in [-0.05, 0) is 86.9 Å². The van der Waals surface area contributed by atoms with E-state index in [-0.39, 0.29) is 0 Å². The molecular formula is C55H30N4O2. The van der Waals surface area contributed by atoms with E-state index in [0.717, 1.165) is 98.8 Å². The molecule has 0 atom stereocenters. The molecule has 0 saturated carbocycles. The van der Waals surface area contributed by atoms with Crippen LogP contribution in [0.1, 0.15) is 0 Å². The van der Waals surface area contributed by atoms with Crippen molar-refractivity contribution in [3.63, 3.8) is 0 Å². The third-order valence-corrected chi connectivity index (χ3v) is 12.6. The van der Waals surface area contributed by atoms with E-state index >= 15 is 0 Å². The molecule has 0 fully saturated rings. The van der Waals surface area contributed by atoms with Crippen LogP contribution in [0.3, 0.4) is 0 Å². The zero-order chi connectivity index (χ0) is 39.8. The zero-order valence-corrected chi connectivity index (χ0v) is 32.4. The van der Waals surface area contributed by atoms with E-state index in [1.54, 1.807) is 0 Å². The van der Waals surface area contributed by atoms with Crippen LogP contribution in [0.4, 0.5) is 0 Å². The number of hydrogen-bond donors (Lipinski definition) is 0. The maximum absolute atomic E-state index is 6.65. The number of aromatic nitrogens is 4. The first-order valence-corrected chi connectivity index (χ1v) is 20.5. The van der Waals surface area contributed by atoms with Crippen LogP contribution in [0.2, 0.25) is 0 Å². The number of benzene rings is 10. The van der Waals surface area contributed by atoms with Crippen molar-refractivity contribution in [2.45, 2.75) is 0 Å². The largest absolute Gasteiger partial charge is 0.456 e. The van der Waals surface area contributed by atoms with Crippen LogP contribution < -0.4 is 0 Å². The predicted octanol–water partition coefficient (Wildman–Crippen LogP) is 14.7. The summed E-state index contributed by atoms with van der Waals surface area (Å²) in [5, 5.41) is 13.5. The summed E-state index contributed by atoms with van der Waals surface area (Å²) >= 11 is 0. The first-order valence-electron chi connectivity index (χ1n) is 20.5. The van der Waals surface area contributed by atoms with Gasteiger partial charge in [0.05, 0.1) is 11.0 Å². The molecule has 282 valence electrons. The molecule has 0 aliphatic heterocycles. The Labute approximate surface area is 346 Å². The van der Waals surface area contributed by atoms with Crippen LogP contribution in [0.25, 0.3) is 138 Å². The monoisotopic (exact) mass is 778 g/mol. The second-order valence-corrected chi connectivity index (χ2v) is 15.9. The van der Waals surface area contributed by atoms with Gasteiger partial charge in [-0.3, -0.25) is 0 Å². The number of furan rings is 1. The Morgan fingerprint density at radius 3 is 1.64 bits per heavy atom. The van der Waals surface area contributed by atoms with E-state index in [9.17, 15) is 0 Å². The summed E-state index contributed by atoms with van der Waals surface area (Å²) in [4.78, 5) is 15.7. The third kappa shape index (κ3) is 4.64. The molecule has 4 aromatic heterocycles. The highest BCUT2D eigenvalue weighted by molar-refractivity contribution is 6.33. The van der Waals surface area contributed by atoms with Crippen LogP contribution in [0, 0.1) is 0 Å². The average Bonchev–Trinajstić information content (AvgIpc) is 3.82. The van der Waals surface area contributed by atoms with Crippen molar-refractivity contribution in [1.29, 1.82) is 0 Å². The molecule has 0 saturated heterocycles. The van der Waals surface area contributed by atoms with Gasteiger partial charge in [-0.25, -0.2) is 15.0 Å². The number of fused-ring (bicyclic) bond motifs is 5. The number of rotatable bonds is 4. The maximum atomic E-state index is 6.65. The lowest BCUT2D eigenvalue weighted by molar-refractivity contribution is 0.664. The van der Waals surface area contributed by atoms with Gasteiger partial charge in [0.2, 0.25) is 0 Å². The summed E-state index contributed by atoms with van der Waals surface area (Å²) in [7, 11) is 0. The summed E-state index contributed by atoms with van der Waals surface area (Å²) < 4.78 is 15.4. The first kappa shape index (κ1) is 32.6. The van der Waals surface area contributed by atoms with Gasteiger partial charge in [0.15, 0.2) is 17.5 Å². The minimum Gasteiger partial charge on any atom is -0.456 e. The average molecular weight is 779 g/mol. The minimum atomic E-state index is 0.594. The molecular weight excluding hydrogens is 749 g/mol. The molecule has 0 N–H and O–H groups in total. The van der Waals surface area contributed by atoms with Crippen LogP contribution in [0.15, 0.2) is 191 Å². The van der Waals surface area contributed by atoms with Gasteiger partial charge in [-0.1, -0.05) is 127 Å². The summed E-state index contributed by atoms with van der Waals surface area (Å²) in [6.45, 7) is 0. The van der Waals surface area contributed by atoms with Crippen molar-refractivity contribution >= 4 is 98.0 Å². The number of nitrogens with zero attached hydrogens (tertiary/aromatic N) is 4. The van der Waals surface area contributed by atoms with Crippen LogP contribution >= 0.6 is 0 Å². The van der Waals surface area contributed by atoms with E-state index < -0.39 is 0 Å². The maximum Gasteiger partial charge on any atom is 0.164 e. The fraction of sp³-hybridized carbons (Fsp3) is 0. The fourth-order valence-corrected chi connectivity index (χ4v) is 9.88. The summed E-state index contributed by atoms with van der Waals surface area (Å²) in [5.41, 5.74) is 9.55. The van der Waals surface area contributed by atoms with E-state index in [0.29, 0.717) is 17.5 Å². The van der Waals surface area contributed by atoms with Crippen LogP contribution in [-0.2, 0) is 0 Å². The van der Waals surface area contributed by atoms with Crippen molar-refractivity contribution in [1.82, 2.24) is 19.5 Å². The number of hydrogen-bond acceptors (Lipinski definition) is 5. The van der Waals surface area contributed by atoms with Gasteiger partial charge >= 0.3 is 0 Å². The van der Waals surface area contributed by atoms with Crippen molar-refractivity contribution in [2.75, 3.05) is 0 Å². The topological polar surface area (TPSA) is 69.9 Å². The molecule has 6 heteroatoms. The van der Waals surface area contributed by atoms with Gasteiger partial charge in [0.1, 0.15) is 22.3 Å². The van der Waals surface area contributed by atoms with Gasteiger partial charge in [-0.15, -0.1) is 0 Å².